The maximum absolute atomic E-state index is 5.99. The lowest BCUT2D eigenvalue weighted by molar-refractivity contribution is -0.00809. The van der Waals surface area contributed by atoms with E-state index in [0.29, 0.717) is 13.2 Å². The van der Waals surface area contributed by atoms with Gasteiger partial charge >= 0.3 is 0 Å². The van der Waals surface area contributed by atoms with Crippen molar-refractivity contribution in [1.29, 1.82) is 0 Å². The summed E-state index contributed by atoms with van der Waals surface area (Å²) in [4.78, 5) is 9.66. The summed E-state index contributed by atoms with van der Waals surface area (Å²) in [7, 11) is 1.93. The van der Waals surface area contributed by atoms with E-state index in [1.54, 1.807) is 6.26 Å². The van der Waals surface area contributed by atoms with Gasteiger partial charge in [-0.3, -0.25) is 14.6 Å². The first-order valence-corrected chi connectivity index (χ1v) is 10.6. The summed E-state index contributed by atoms with van der Waals surface area (Å²) >= 11 is 0. The minimum atomic E-state index is 0.00459. The van der Waals surface area contributed by atoms with Crippen molar-refractivity contribution in [2.24, 2.45) is 12.0 Å². The topological polar surface area (TPSA) is 71.1 Å². The van der Waals surface area contributed by atoms with Crippen LogP contribution in [0.15, 0.2) is 40.2 Å². The van der Waals surface area contributed by atoms with E-state index < -0.39 is 0 Å². The van der Waals surface area contributed by atoms with Crippen LogP contribution in [0.2, 0.25) is 0 Å². The number of aromatic nitrogens is 2. The molecule has 1 aliphatic heterocycles. The number of ether oxygens (including phenoxy) is 1. The minimum Gasteiger partial charge on any atom is -0.468 e. The molecule has 0 spiro atoms. The second kappa shape index (κ2) is 10.5. The van der Waals surface area contributed by atoms with Crippen molar-refractivity contribution in [1.82, 2.24) is 24.9 Å². The summed E-state index contributed by atoms with van der Waals surface area (Å²) in [6.45, 7) is 12.1. The summed E-state index contributed by atoms with van der Waals surface area (Å²) in [6, 6.07) is 4.11. The van der Waals surface area contributed by atoms with E-state index in [9.17, 15) is 0 Å². The number of likely N-dealkylation sites (N-methyl/N-ethyl adjacent to an activating group) is 1. The summed E-state index contributed by atoms with van der Waals surface area (Å²) in [5.74, 6) is 1.89. The van der Waals surface area contributed by atoms with Crippen molar-refractivity contribution in [2.75, 3.05) is 45.9 Å². The summed E-state index contributed by atoms with van der Waals surface area (Å²) in [5, 5.41) is 7.74. The molecule has 3 rings (SSSR count). The van der Waals surface area contributed by atoms with Gasteiger partial charge in [-0.05, 0) is 32.1 Å². The van der Waals surface area contributed by atoms with Crippen LogP contribution in [-0.4, -0.2) is 71.4 Å². The predicted molar refractivity (Wildman–Crippen MR) is 114 cm³/mol. The van der Waals surface area contributed by atoms with Crippen molar-refractivity contribution in [3.8, 4) is 0 Å². The van der Waals surface area contributed by atoms with E-state index in [4.69, 9.17) is 14.1 Å². The van der Waals surface area contributed by atoms with Crippen LogP contribution in [-0.2, 0) is 11.8 Å². The third-order valence-electron chi connectivity index (χ3n) is 5.34. The van der Waals surface area contributed by atoms with Crippen LogP contribution < -0.4 is 5.32 Å². The maximum Gasteiger partial charge on any atom is 0.194 e. The average molecular weight is 403 g/mol. The zero-order valence-electron chi connectivity index (χ0n) is 18.0. The maximum atomic E-state index is 5.99. The Balaban J connectivity index is 1.75. The van der Waals surface area contributed by atoms with Gasteiger partial charge in [-0.25, -0.2) is 0 Å². The Hall–Kier alpha value is -2.32. The molecule has 29 heavy (non-hydrogen) atoms. The van der Waals surface area contributed by atoms with Gasteiger partial charge in [0.25, 0.3) is 0 Å². The quantitative estimate of drug-likeness (QED) is 0.540. The molecule has 2 aromatic heterocycles. The molecule has 3 heterocycles. The van der Waals surface area contributed by atoms with Crippen molar-refractivity contribution in [3.63, 3.8) is 0 Å². The first kappa shape index (κ1) is 21.4. The molecule has 0 amide bonds. The molecule has 0 radical (unpaired) electrons. The number of aryl methyl sites for hydroxylation is 1. The molecule has 1 aliphatic rings. The van der Waals surface area contributed by atoms with Crippen molar-refractivity contribution < 1.29 is 9.15 Å². The number of furan rings is 1. The highest BCUT2D eigenvalue weighted by Crippen LogP contribution is 2.23. The normalized spacial score (nSPS) is 19.0. The highest BCUT2D eigenvalue weighted by Gasteiger charge is 2.26. The Labute approximate surface area is 173 Å². The average Bonchev–Trinajstić information content (AvgIpc) is 3.42. The first-order chi connectivity index (χ1) is 14.2. The molecule has 1 N–H and O–H groups in total. The molecule has 0 saturated carbocycles. The summed E-state index contributed by atoms with van der Waals surface area (Å²) in [6.07, 6.45) is 5.64. The molecule has 1 fully saturated rings. The van der Waals surface area contributed by atoms with Gasteiger partial charge in [-0.2, -0.15) is 5.10 Å². The van der Waals surface area contributed by atoms with Gasteiger partial charge < -0.3 is 19.4 Å². The van der Waals surface area contributed by atoms with Gasteiger partial charge in [0.15, 0.2) is 5.96 Å². The summed E-state index contributed by atoms with van der Waals surface area (Å²) < 4.78 is 13.5. The molecule has 8 heteroatoms. The standard InChI is InChI=1S/C21H34N6O2/c1-5-22-21(23-14-18(26(6-2)7-3)19-9-8-11-28-19)27-10-12-29-20(16-27)17-13-24-25(4)15-17/h8-9,11,13,15,18,20H,5-7,10,12,14,16H2,1-4H3,(H,22,23). The van der Waals surface area contributed by atoms with Crippen LogP contribution in [0, 0.1) is 0 Å². The fourth-order valence-electron chi connectivity index (χ4n) is 3.78. The number of nitrogens with zero attached hydrogens (tertiary/aromatic N) is 5. The first-order valence-electron chi connectivity index (χ1n) is 10.6. The number of aliphatic imine (C=N–C) groups is 1. The lowest BCUT2D eigenvalue weighted by atomic mass is 10.1. The van der Waals surface area contributed by atoms with Gasteiger partial charge in [0, 0.05) is 31.9 Å². The number of hydrogen-bond donors (Lipinski definition) is 1. The Kier molecular flexibility index (Phi) is 7.71. The van der Waals surface area contributed by atoms with E-state index in [1.807, 2.05) is 36.3 Å². The fourth-order valence-corrected chi connectivity index (χ4v) is 3.78. The molecular formula is C21H34N6O2. The van der Waals surface area contributed by atoms with E-state index in [-0.39, 0.29) is 12.1 Å². The number of hydrogen-bond acceptors (Lipinski definition) is 5. The number of nitrogens with one attached hydrogen (secondary N) is 1. The van der Waals surface area contributed by atoms with Gasteiger partial charge in [-0.15, -0.1) is 0 Å². The van der Waals surface area contributed by atoms with Gasteiger partial charge in [-0.1, -0.05) is 13.8 Å². The van der Waals surface area contributed by atoms with E-state index in [1.165, 1.54) is 0 Å². The highest BCUT2D eigenvalue weighted by atomic mass is 16.5. The lowest BCUT2D eigenvalue weighted by Gasteiger charge is -2.35. The number of rotatable bonds is 8. The van der Waals surface area contributed by atoms with Gasteiger partial charge in [0.1, 0.15) is 11.9 Å². The monoisotopic (exact) mass is 402 g/mol. The highest BCUT2D eigenvalue weighted by molar-refractivity contribution is 5.80. The molecule has 0 aromatic carbocycles. The number of morpholine rings is 1. The molecule has 2 aromatic rings. The van der Waals surface area contributed by atoms with Crippen LogP contribution in [0.5, 0.6) is 0 Å². The Morgan fingerprint density at radius 2 is 2.21 bits per heavy atom. The third-order valence-corrected chi connectivity index (χ3v) is 5.34. The molecule has 8 nitrogen and oxygen atoms in total. The molecule has 0 aliphatic carbocycles. The van der Waals surface area contributed by atoms with Crippen LogP contribution in [0.25, 0.3) is 0 Å². The Morgan fingerprint density at radius 1 is 1.38 bits per heavy atom. The summed E-state index contributed by atoms with van der Waals surface area (Å²) in [5.41, 5.74) is 1.10. The zero-order chi connectivity index (χ0) is 20.6. The molecule has 160 valence electrons. The third kappa shape index (κ3) is 5.39. The second-order valence-corrected chi connectivity index (χ2v) is 7.20. The molecule has 2 atom stereocenters. The van der Waals surface area contributed by atoms with Crippen molar-refractivity contribution >= 4 is 5.96 Å². The fraction of sp³-hybridized carbons (Fsp3) is 0.619. The largest absolute Gasteiger partial charge is 0.468 e. The molecule has 1 saturated heterocycles. The van der Waals surface area contributed by atoms with Crippen LogP contribution in [0.4, 0.5) is 0 Å². The molecule has 0 bridgehead atoms. The SMILES string of the molecule is CCNC(=NCC(c1ccco1)N(CC)CC)N1CCOC(c2cnn(C)c2)C1. The lowest BCUT2D eigenvalue weighted by Crippen LogP contribution is -2.48. The van der Waals surface area contributed by atoms with Crippen LogP contribution in [0.1, 0.15) is 44.2 Å². The second-order valence-electron chi connectivity index (χ2n) is 7.20. The number of guanidine groups is 1. The van der Waals surface area contributed by atoms with Gasteiger partial charge in [0.2, 0.25) is 0 Å². The van der Waals surface area contributed by atoms with Gasteiger partial charge in [0.05, 0.1) is 38.2 Å². The van der Waals surface area contributed by atoms with Crippen LogP contribution >= 0.6 is 0 Å². The molecule has 2 unspecified atom stereocenters. The van der Waals surface area contributed by atoms with Crippen molar-refractivity contribution in [2.45, 2.75) is 32.9 Å². The van der Waals surface area contributed by atoms with E-state index in [2.05, 4.69) is 41.0 Å². The van der Waals surface area contributed by atoms with E-state index >= 15 is 0 Å². The molecular weight excluding hydrogens is 368 g/mol. The van der Waals surface area contributed by atoms with Crippen LogP contribution in [0.3, 0.4) is 0 Å². The predicted octanol–water partition coefficient (Wildman–Crippen LogP) is 2.43. The minimum absolute atomic E-state index is 0.00459. The smallest absolute Gasteiger partial charge is 0.194 e. The Morgan fingerprint density at radius 3 is 2.83 bits per heavy atom. The van der Waals surface area contributed by atoms with Crippen molar-refractivity contribution in [3.05, 3.63) is 42.1 Å². The zero-order valence-corrected chi connectivity index (χ0v) is 18.0. The van der Waals surface area contributed by atoms with E-state index in [0.717, 1.165) is 50.0 Å². The Bertz CT molecular complexity index is 753.